The van der Waals surface area contributed by atoms with Crippen LogP contribution in [0.15, 0.2) is 0 Å². The van der Waals surface area contributed by atoms with Crippen LogP contribution in [-0.2, 0) is 4.79 Å². The van der Waals surface area contributed by atoms with Gasteiger partial charge in [0.05, 0.1) is 0 Å². The first-order valence-electron chi connectivity index (χ1n) is 4.32. The predicted molar refractivity (Wildman–Crippen MR) is 51.0 cm³/mol. The van der Waals surface area contributed by atoms with E-state index < -0.39 is 6.03 Å². The molecule has 0 aromatic heterocycles. The molecule has 0 saturated heterocycles. The third-order valence-electron chi connectivity index (χ3n) is 1.61. The minimum absolute atomic E-state index is 0.0778. The number of hydrogen-bond acceptors (Lipinski definition) is 2. The fourth-order valence-corrected chi connectivity index (χ4v) is 1.26. The summed E-state index contributed by atoms with van der Waals surface area (Å²) in [5, 5.41) is 2.07. The fourth-order valence-electron chi connectivity index (χ4n) is 1.26. The number of nitrogens with one attached hydrogen (secondary N) is 1. The number of primary amides is 1. The Bertz CT molecular complexity index is 206. The molecule has 0 fully saturated rings. The average molecular weight is 186 g/mol. The van der Waals surface area contributed by atoms with E-state index in [2.05, 4.69) is 5.32 Å². The Kier molecular flexibility index (Phi) is 3.91. The molecule has 1 atom stereocenters. The molecule has 76 valence electrons. The number of carbonyl (C=O) groups excluding carboxylic acids is 2. The lowest BCUT2D eigenvalue weighted by atomic mass is 9.85. The molecular formula is C9H18N2O2. The number of hydrogen-bond donors (Lipinski definition) is 2. The number of amides is 3. The first-order chi connectivity index (χ1) is 5.72. The van der Waals surface area contributed by atoms with Crippen molar-refractivity contribution in [3.8, 4) is 0 Å². The highest BCUT2D eigenvalue weighted by molar-refractivity contribution is 5.94. The molecular weight excluding hydrogens is 168 g/mol. The molecule has 0 radical (unpaired) electrons. The van der Waals surface area contributed by atoms with Gasteiger partial charge < -0.3 is 5.73 Å². The van der Waals surface area contributed by atoms with Gasteiger partial charge in [0.25, 0.3) is 0 Å². The fraction of sp³-hybridized carbons (Fsp3) is 0.778. The number of nitrogens with two attached hydrogens (primary N) is 1. The van der Waals surface area contributed by atoms with Crippen molar-refractivity contribution >= 4 is 11.9 Å². The Morgan fingerprint density at radius 1 is 1.38 bits per heavy atom. The van der Waals surface area contributed by atoms with Crippen molar-refractivity contribution in [2.24, 2.45) is 17.1 Å². The SMILES string of the molecule is CC(CC(C)(C)C)C(=O)NC(N)=O. The zero-order valence-corrected chi connectivity index (χ0v) is 8.68. The van der Waals surface area contributed by atoms with E-state index in [4.69, 9.17) is 5.73 Å². The van der Waals surface area contributed by atoms with Crippen LogP contribution in [0.3, 0.4) is 0 Å². The number of imide groups is 1. The first-order valence-corrected chi connectivity index (χ1v) is 4.32. The highest BCUT2D eigenvalue weighted by Gasteiger charge is 2.21. The first kappa shape index (κ1) is 11.9. The lowest BCUT2D eigenvalue weighted by Gasteiger charge is -2.21. The van der Waals surface area contributed by atoms with E-state index in [1.54, 1.807) is 6.92 Å². The van der Waals surface area contributed by atoms with Gasteiger partial charge in [0.1, 0.15) is 0 Å². The van der Waals surface area contributed by atoms with Gasteiger partial charge in [0.15, 0.2) is 0 Å². The molecule has 0 aliphatic rings. The third-order valence-corrected chi connectivity index (χ3v) is 1.61. The standard InChI is InChI=1S/C9H18N2O2/c1-6(5-9(2,3)4)7(12)11-8(10)13/h6H,5H2,1-4H3,(H3,10,11,12,13). The lowest BCUT2D eigenvalue weighted by molar-refractivity contribution is -0.124. The molecule has 0 heterocycles. The summed E-state index contributed by atoms with van der Waals surface area (Å²) in [5.74, 6) is -0.491. The van der Waals surface area contributed by atoms with Crippen LogP contribution in [0, 0.1) is 11.3 Å². The Hall–Kier alpha value is -1.06. The normalized spacial score (nSPS) is 13.5. The van der Waals surface area contributed by atoms with E-state index in [9.17, 15) is 9.59 Å². The molecule has 1 unspecified atom stereocenters. The number of urea groups is 1. The van der Waals surface area contributed by atoms with Crippen molar-refractivity contribution in [1.82, 2.24) is 5.32 Å². The van der Waals surface area contributed by atoms with Crippen LogP contribution >= 0.6 is 0 Å². The highest BCUT2D eigenvalue weighted by Crippen LogP contribution is 2.23. The summed E-state index contributed by atoms with van der Waals surface area (Å²) >= 11 is 0. The monoisotopic (exact) mass is 186 g/mol. The summed E-state index contributed by atoms with van der Waals surface area (Å²) in [6, 6.07) is -0.786. The maximum absolute atomic E-state index is 11.2. The second-order valence-corrected chi connectivity index (χ2v) is 4.52. The van der Waals surface area contributed by atoms with Gasteiger partial charge in [-0.15, -0.1) is 0 Å². The quantitative estimate of drug-likeness (QED) is 0.681. The maximum atomic E-state index is 11.2. The second-order valence-electron chi connectivity index (χ2n) is 4.52. The average Bonchev–Trinajstić information content (AvgIpc) is 1.81. The van der Waals surface area contributed by atoms with Crippen LogP contribution in [0.5, 0.6) is 0 Å². The molecule has 0 spiro atoms. The molecule has 0 aromatic carbocycles. The van der Waals surface area contributed by atoms with Crippen molar-refractivity contribution < 1.29 is 9.59 Å². The van der Waals surface area contributed by atoms with Gasteiger partial charge >= 0.3 is 6.03 Å². The zero-order chi connectivity index (χ0) is 10.6. The molecule has 3 amide bonds. The van der Waals surface area contributed by atoms with Crippen LogP contribution in [0.25, 0.3) is 0 Å². The summed E-state index contributed by atoms with van der Waals surface area (Å²) in [7, 11) is 0. The van der Waals surface area contributed by atoms with Crippen LogP contribution in [-0.4, -0.2) is 11.9 Å². The Morgan fingerprint density at radius 3 is 2.15 bits per heavy atom. The molecule has 13 heavy (non-hydrogen) atoms. The molecule has 3 N–H and O–H groups in total. The van der Waals surface area contributed by atoms with E-state index in [1.807, 2.05) is 20.8 Å². The Labute approximate surface area is 78.9 Å². The van der Waals surface area contributed by atoms with E-state index >= 15 is 0 Å². The van der Waals surface area contributed by atoms with E-state index in [1.165, 1.54) is 0 Å². The van der Waals surface area contributed by atoms with Crippen molar-refractivity contribution in [2.45, 2.75) is 34.1 Å². The van der Waals surface area contributed by atoms with Gasteiger partial charge in [0, 0.05) is 5.92 Å². The molecule has 0 bridgehead atoms. The lowest BCUT2D eigenvalue weighted by Crippen LogP contribution is -2.39. The summed E-state index contributed by atoms with van der Waals surface area (Å²) in [5.41, 5.74) is 4.90. The van der Waals surface area contributed by atoms with Gasteiger partial charge in [-0.3, -0.25) is 10.1 Å². The van der Waals surface area contributed by atoms with E-state index in [-0.39, 0.29) is 17.2 Å². The maximum Gasteiger partial charge on any atom is 0.318 e. The van der Waals surface area contributed by atoms with E-state index in [0.29, 0.717) is 0 Å². The van der Waals surface area contributed by atoms with Crippen LogP contribution < -0.4 is 11.1 Å². The molecule has 0 saturated carbocycles. The summed E-state index contributed by atoms with van der Waals surface area (Å²) in [6.45, 7) is 7.91. The minimum Gasteiger partial charge on any atom is -0.351 e. The number of carbonyl (C=O) groups is 2. The van der Waals surface area contributed by atoms with Gasteiger partial charge in [-0.1, -0.05) is 27.7 Å². The van der Waals surface area contributed by atoms with Crippen molar-refractivity contribution in [3.63, 3.8) is 0 Å². The Morgan fingerprint density at radius 2 is 1.85 bits per heavy atom. The predicted octanol–water partition coefficient (Wildman–Crippen LogP) is 1.25. The van der Waals surface area contributed by atoms with Crippen molar-refractivity contribution in [1.29, 1.82) is 0 Å². The minimum atomic E-state index is -0.786. The smallest absolute Gasteiger partial charge is 0.318 e. The molecule has 0 aliphatic heterocycles. The van der Waals surface area contributed by atoms with Gasteiger partial charge in [-0.2, -0.15) is 0 Å². The zero-order valence-electron chi connectivity index (χ0n) is 8.68. The van der Waals surface area contributed by atoms with Gasteiger partial charge in [0.2, 0.25) is 5.91 Å². The molecule has 4 heteroatoms. The molecule has 4 nitrogen and oxygen atoms in total. The highest BCUT2D eigenvalue weighted by atomic mass is 16.2. The van der Waals surface area contributed by atoms with Crippen molar-refractivity contribution in [3.05, 3.63) is 0 Å². The van der Waals surface area contributed by atoms with E-state index in [0.717, 1.165) is 6.42 Å². The molecule has 0 rings (SSSR count). The summed E-state index contributed by atoms with van der Waals surface area (Å²) in [6.07, 6.45) is 0.728. The Balaban J connectivity index is 4.04. The topological polar surface area (TPSA) is 72.2 Å². The van der Waals surface area contributed by atoms with Crippen LogP contribution in [0.4, 0.5) is 4.79 Å². The third kappa shape index (κ3) is 6.13. The van der Waals surface area contributed by atoms with Crippen molar-refractivity contribution in [2.75, 3.05) is 0 Å². The van der Waals surface area contributed by atoms with Crippen LogP contribution in [0.1, 0.15) is 34.1 Å². The summed E-state index contributed by atoms with van der Waals surface area (Å²) < 4.78 is 0. The molecule has 0 aromatic rings. The van der Waals surface area contributed by atoms with Gasteiger partial charge in [-0.25, -0.2) is 4.79 Å². The summed E-state index contributed by atoms with van der Waals surface area (Å²) in [4.78, 5) is 21.6. The number of rotatable bonds is 2. The van der Waals surface area contributed by atoms with Gasteiger partial charge in [-0.05, 0) is 11.8 Å². The molecule has 0 aliphatic carbocycles. The second kappa shape index (κ2) is 4.25. The van der Waals surface area contributed by atoms with Crippen LogP contribution in [0.2, 0.25) is 0 Å². The largest absolute Gasteiger partial charge is 0.351 e.